The van der Waals surface area contributed by atoms with Crippen LogP contribution in [0.1, 0.15) is 42.1 Å². The Hall–Kier alpha value is -3.42. The van der Waals surface area contributed by atoms with Crippen molar-refractivity contribution >= 4 is 18.0 Å². The topological polar surface area (TPSA) is 84.9 Å². The number of hydrogen-bond donors (Lipinski definition) is 1. The molecule has 3 rings (SSSR count). The van der Waals surface area contributed by atoms with Crippen molar-refractivity contribution in [1.29, 1.82) is 0 Å². The number of ether oxygens (including phenoxy) is 2. The summed E-state index contributed by atoms with van der Waals surface area (Å²) in [6.45, 7) is 3.00. The molecule has 1 N–H and O–H groups in total. The monoisotopic (exact) mass is 442 g/mol. The van der Waals surface area contributed by atoms with E-state index in [-0.39, 0.29) is 30.3 Å². The average molecular weight is 442 g/mol. The van der Waals surface area contributed by atoms with Gasteiger partial charge in [0.2, 0.25) is 5.91 Å². The molecule has 170 valence electrons. The zero-order valence-corrected chi connectivity index (χ0v) is 18.0. The largest absolute Gasteiger partial charge is 0.513 e. The lowest BCUT2D eigenvalue weighted by molar-refractivity contribution is -0.122. The molecule has 32 heavy (non-hydrogen) atoms. The van der Waals surface area contributed by atoms with Crippen LogP contribution in [-0.4, -0.2) is 48.6 Å². The Bertz CT molecular complexity index is 922. The highest BCUT2D eigenvalue weighted by atomic mass is 19.1. The van der Waals surface area contributed by atoms with Crippen LogP contribution in [-0.2, 0) is 16.0 Å². The van der Waals surface area contributed by atoms with Crippen LogP contribution in [0.2, 0.25) is 0 Å². The molecule has 1 fully saturated rings. The molecule has 2 aromatic rings. The normalized spacial score (nSPS) is 14.0. The number of benzene rings is 2. The van der Waals surface area contributed by atoms with Gasteiger partial charge in [-0.1, -0.05) is 12.1 Å². The predicted molar refractivity (Wildman–Crippen MR) is 116 cm³/mol. The highest BCUT2D eigenvalue weighted by Gasteiger charge is 2.24. The second-order valence-electron chi connectivity index (χ2n) is 7.57. The van der Waals surface area contributed by atoms with Crippen LogP contribution in [0.3, 0.4) is 0 Å². The maximum absolute atomic E-state index is 13.0. The van der Waals surface area contributed by atoms with Gasteiger partial charge in [0.05, 0.1) is 6.61 Å². The first-order valence-corrected chi connectivity index (χ1v) is 10.7. The van der Waals surface area contributed by atoms with E-state index in [1.807, 2.05) is 0 Å². The standard InChI is InChI=1S/C24H27FN2O5/c1-2-31-24(30)32-21-10-6-18(7-11-21)23(29)27-15-13-20(14-16-27)26-22(28)12-5-17-3-8-19(25)9-4-17/h3-4,6-11,20H,2,5,12-16H2,1H3,(H,26,28). The zero-order chi connectivity index (χ0) is 22.9. The predicted octanol–water partition coefficient (Wildman–Crippen LogP) is 3.71. The molecule has 0 saturated carbocycles. The minimum atomic E-state index is -0.784. The number of aryl methyl sites for hydroxylation is 1. The second-order valence-corrected chi connectivity index (χ2v) is 7.57. The van der Waals surface area contributed by atoms with Crippen molar-refractivity contribution in [3.05, 3.63) is 65.5 Å². The quantitative estimate of drug-likeness (QED) is 0.522. The Morgan fingerprint density at radius 2 is 1.69 bits per heavy atom. The van der Waals surface area contributed by atoms with E-state index in [9.17, 15) is 18.8 Å². The van der Waals surface area contributed by atoms with Crippen LogP contribution in [0.5, 0.6) is 5.75 Å². The minimum absolute atomic E-state index is 0.0279. The summed E-state index contributed by atoms with van der Waals surface area (Å²) in [6.07, 6.45) is 1.47. The number of rotatable bonds is 7. The van der Waals surface area contributed by atoms with Gasteiger partial charge in [0.25, 0.3) is 5.91 Å². The second kappa shape index (κ2) is 11.3. The molecule has 0 spiro atoms. The van der Waals surface area contributed by atoms with Gasteiger partial charge in [0, 0.05) is 31.1 Å². The summed E-state index contributed by atoms with van der Waals surface area (Å²) in [6, 6.07) is 12.5. The Balaban J connectivity index is 1.41. The molecule has 0 aliphatic carbocycles. The molecule has 0 unspecified atom stereocenters. The van der Waals surface area contributed by atoms with Gasteiger partial charge in [0.15, 0.2) is 0 Å². The molecule has 0 atom stereocenters. The molecule has 0 aromatic heterocycles. The highest BCUT2D eigenvalue weighted by Crippen LogP contribution is 2.18. The van der Waals surface area contributed by atoms with E-state index in [2.05, 4.69) is 5.32 Å². The van der Waals surface area contributed by atoms with E-state index in [0.717, 1.165) is 5.56 Å². The maximum Gasteiger partial charge on any atom is 0.513 e. The Morgan fingerprint density at radius 3 is 2.31 bits per heavy atom. The van der Waals surface area contributed by atoms with Gasteiger partial charge in [-0.25, -0.2) is 9.18 Å². The van der Waals surface area contributed by atoms with Crippen molar-refractivity contribution in [2.45, 2.75) is 38.6 Å². The van der Waals surface area contributed by atoms with E-state index >= 15 is 0 Å². The van der Waals surface area contributed by atoms with Gasteiger partial charge in [-0.2, -0.15) is 0 Å². The Labute approximate surface area is 186 Å². The summed E-state index contributed by atoms with van der Waals surface area (Å²) in [5.41, 5.74) is 1.42. The van der Waals surface area contributed by atoms with Crippen molar-refractivity contribution in [1.82, 2.24) is 10.2 Å². The lowest BCUT2D eigenvalue weighted by Gasteiger charge is -2.32. The SMILES string of the molecule is CCOC(=O)Oc1ccc(C(=O)N2CCC(NC(=O)CCc3ccc(F)cc3)CC2)cc1. The van der Waals surface area contributed by atoms with Gasteiger partial charge >= 0.3 is 6.16 Å². The molecule has 0 radical (unpaired) electrons. The molecule has 2 amide bonds. The van der Waals surface area contributed by atoms with Crippen LogP contribution in [0.15, 0.2) is 48.5 Å². The maximum atomic E-state index is 13.0. The van der Waals surface area contributed by atoms with E-state index in [0.29, 0.717) is 50.1 Å². The third kappa shape index (κ3) is 6.80. The minimum Gasteiger partial charge on any atom is -0.434 e. The number of nitrogens with one attached hydrogen (secondary N) is 1. The molecule has 7 nitrogen and oxygen atoms in total. The third-order valence-electron chi connectivity index (χ3n) is 5.27. The van der Waals surface area contributed by atoms with E-state index in [1.54, 1.807) is 48.2 Å². The van der Waals surface area contributed by atoms with Crippen molar-refractivity contribution in [2.75, 3.05) is 19.7 Å². The molecule has 1 aliphatic rings. The smallest absolute Gasteiger partial charge is 0.434 e. The average Bonchev–Trinajstić information content (AvgIpc) is 2.79. The summed E-state index contributed by atoms with van der Waals surface area (Å²) < 4.78 is 22.7. The summed E-state index contributed by atoms with van der Waals surface area (Å²) in [7, 11) is 0. The molecular formula is C24H27FN2O5. The van der Waals surface area contributed by atoms with Crippen LogP contribution in [0.4, 0.5) is 9.18 Å². The number of likely N-dealkylation sites (tertiary alicyclic amines) is 1. The number of amides is 2. The third-order valence-corrected chi connectivity index (χ3v) is 5.27. The van der Waals surface area contributed by atoms with Crippen LogP contribution >= 0.6 is 0 Å². The fourth-order valence-corrected chi connectivity index (χ4v) is 3.53. The summed E-state index contributed by atoms with van der Waals surface area (Å²) in [5, 5.41) is 3.02. The molecule has 0 bridgehead atoms. The van der Waals surface area contributed by atoms with Crippen LogP contribution < -0.4 is 10.1 Å². The number of halogens is 1. The first-order valence-electron chi connectivity index (χ1n) is 10.7. The fourth-order valence-electron chi connectivity index (χ4n) is 3.53. The molecular weight excluding hydrogens is 415 g/mol. The summed E-state index contributed by atoms with van der Waals surface area (Å²) >= 11 is 0. The lowest BCUT2D eigenvalue weighted by atomic mass is 10.0. The Morgan fingerprint density at radius 1 is 1.03 bits per heavy atom. The summed E-state index contributed by atoms with van der Waals surface area (Å²) in [5.74, 6) is -0.132. The first kappa shape index (κ1) is 23.2. The van der Waals surface area contributed by atoms with Gasteiger partial charge in [-0.3, -0.25) is 9.59 Å². The van der Waals surface area contributed by atoms with Crippen LogP contribution in [0, 0.1) is 5.82 Å². The molecule has 2 aromatic carbocycles. The highest BCUT2D eigenvalue weighted by molar-refractivity contribution is 5.94. The van der Waals surface area contributed by atoms with E-state index < -0.39 is 6.16 Å². The molecule has 1 aliphatic heterocycles. The van der Waals surface area contributed by atoms with E-state index in [1.165, 1.54) is 12.1 Å². The van der Waals surface area contributed by atoms with Gasteiger partial charge in [-0.15, -0.1) is 0 Å². The van der Waals surface area contributed by atoms with Crippen molar-refractivity contribution in [3.63, 3.8) is 0 Å². The number of nitrogens with zero attached hydrogens (tertiary/aromatic N) is 1. The van der Waals surface area contributed by atoms with E-state index in [4.69, 9.17) is 9.47 Å². The molecule has 8 heteroatoms. The fraction of sp³-hybridized carbons (Fsp3) is 0.375. The molecule has 1 heterocycles. The number of piperidine rings is 1. The van der Waals surface area contributed by atoms with Crippen molar-refractivity contribution < 1.29 is 28.2 Å². The zero-order valence-electron chi connectivity index (χ0n) is 18.0. The lowest BCUT2D eigenvalue weighted by Crippen LogP contribution is -2.46. The summed E-state index contributed by atoms with van der Waals surface area (Å²) in [4.78, 5) is 38.1. The van der Waals surface area contributed by atoms with Crippen molar-refractivity contribution in [3.8, 4) is 5.75 Å². The first-order chi connectivity index (χ1) is 15.4. The number of carbonyl (C=O) groups is 3. The van der Waals surface area contributed by atoms with Crippen LogP contribution in [0.25, 0.3) is 0 Å². The number of hydrogen-bond acceptors (Lipinski definition) is 5. The van der Waals surface area contributed by atoms with Gasteiger partial charge in [0.1, 0.15) is 11.6 Å². The van der Waals surface area contributed by atoms with Gasteiger partial charge in [-0.05, 0) is 68.1 Å². The van der Waals surface area contributed by atoms with Gasteiger partial charge < -0.3 is 19.7 Å². The number of carbonyl (C=O) groups excluding carboxylic acids is 3. The van der Waals surface area contributed by atoms with Crippen molar-refractivity contribution in [2.24, 2.45) is 0 Å². The Kier molecular flexibility index (Phi) is 8.19. The molecule has 1 saturated heterocycles.